The molecule has 1 aromatic heterocycles. The van der Waals surface area contributed by atoms with Gasteiger partial charge in [0, 0.05) is 30.4 Å². The van der Waals surface area contributed by atoms with Gasteiger partial charge in [-0.3, -0.25) is 4.79 Å². The molecule has 0 saturated carbocycles. The zero-order valence-corrected chi connectivity index (χ0v) is 13.7. The maximum absolute atomic E-state index is 12.3. The standard InChI is InChI=1S/C15H24N2OS.ClH/c1-12-7-8-17(13(10-12)11-16)15(18)6-2-4-14-5-3-9-19-14;/h3,5,9,12-13H,2,4,6-8,10-11,16H2,1H3;1H. The summed E-state index contributed by atoms with van der Waals surface area (Å²) < 4.78 is 0. The van der Waals surface area contributed by atoms with Gasteiger partial charge >= 0.3 is 0 Å². The van der Waals surface area contributed by atoms with Crippen molar-refractivity contribution in [3.05, 3.63) is 22.4 Å². The number of aryl methyl sites for hydroxylation is 1. The molecule has 2 atom stereocenters. The minimum absolute atomic E-state index is 0. The topological polar surface area (TPSA) is 46.3 Å². The van der Waals surface area contributed by atoms with E-state index in [4.69, 9.17) is 5.73 Å². The van der Waals surface area contributed by atoms with Crippen molar-refractivity contribution in [1.82, 2.24) is 4.90 Å². The second-order valence-corrected chi connectivity index (χ2v) is 6.57. The van der Waals surface area contributed by atoms with E-state index < -0.39 is 0 Å². The Morgan fingerprint density at radius 3 is 3.00 bits per heavy atom. The third kappa shape index (κ3) is 4.76. The fourth-order valence-corrected chi connectivity index (χ4v) is 3.57. The molecule has 0 spiro atoms. The Morgan fingerprint density at radius 2 is 2.35 bits per heavy atom. The van der Waals surface area contributed by atoms with E-state index in [0.29, 0.717) is 24.8 Å². The first kappa shape index (κ1) is 17.5. The quantitative estimate of drug-likeness (QED) is 0.907. The van der Waals surface area contributed by atoms with Gasteiger partial charge in [0.05, 0.1) is 0 Å². The molecule has 5 heteroatoms. The van der Waals surface area contributed by atoms with Gasteiger partial charge in [-0.25, -0.2) is 0 Å². The lowest BCUT2D eigenvalue weighted by molar-refractivity contribution is -0.135. The number of rotatable bonds is 5. The van der Waals surface area contributed by atoms with Crippen LogP contribution in [0.15, 0.2) is 17.5 Å². The maximum Gasteiger partial charge on any atom is 0.222 e. The number of likely N-dealkylation sites (tertiary alicyclic amines) is 1. The fraction of sp³-hybridized carbons (Fsp3) is 0.667. The van der Waals surface area contributed by atoms with Crippen molar-refractivity contribution in [3.63, 3.8) is 0 Å². The predicted molar refractivity (Wildman–Crippen MR) is 87.5 cm³/mol. The summed E-state index contributed by atoms with van der Waals surface area (Å²) in [5.41, 5.74) is 5.81. The number of carbonyl (C=O) groups is 1. The van der Waals surface area contributed by atoms with Crippen LogP contribution in [-0.2, 0) is 11.2 Å². The van der Waals surface area contributed by atoms with Gasteiger partial charge in [-0.2, -0.15) is 0 Å². The molecule has 2 rings (SSSR count). The smallest absolute Gasteiger partial charge is 0.222 e. The Bertz CT molecular complexity index is 397. The molecular formula is C15H25ClN2OS. The number of amides is 1. The summed E-state index contributed by atoms with van der Waals surface area (Å²) in [6, 6.07) is 4.47. The average Bonchev–Trinajstić information content (AvgIpc) is 2.91. The highest BCUT2D eigenvalue weighted by atomic mass is 35.5. The van der Waals surface area contributed by atoms with Crippen molar-refractivity contribution in [2.75, 3.05) is 13.1 Å². The van der Waals surface area contributed by atoms with E-state index in [1.165, 1.54) is 4.88 Å². The van der Waals surface area contributed by atoms with E-state index in [-0.39, 0.29) is 18.4 Å². The molecule has 20 heavy (non-hydrogen) atoms. The minimum atomic E-state index is 0. The van der Waals surface area contributed by atoms with Gasteiger partial charge in [0.1, 0.15) is 0 Å². The van der Waals surface area contributed by atoms with Gasteiger partial charge in [-0.05, 0) is 43.0 Å². The summed E-state index contributed by atoms with van der Waals surface area (Å²) in [5, 5.41) is 2.09. The summed E-state index contributed by atoms with van der Waals surface area (Å²) in [4.78, 5) is 15.7. The van der Waals surface area contributed by atoms with Gasteiger partial charge < -0.3 is 10.6 Å². The monoisotopic (exact) mass is 316 g/mol. The van der Waals surface area contributed by atoms with Gasteiger partial charge in [0.25, 0.3) is 0 Å². The van der Waals surface area contributed by atoms with Gasteiger partial charge in [0.2, 0.25) is 5.91 Å². The highest BCUT2D eigenvalue weighted by Crippen LogP contribution is 2.23. The number of nitrogens with zero attached hydrogens (tertiary/aromatic N) is 1. The molecule has 2 unspecified atom stereocenters. The zero-order chi connectivity index (χ0) is 13.7. The molecule has 1 aliphatic rings. The van der Waals surface area contributed by atoms with Crippen LogP contribution in [0.5, 0.6) is 0 Å². The molecule has 3 nitrogen and oxygen atoms in total. The second-order valence-electron chi connectivity index (χ2n) is 5.54. The number of thiophene rings is 1. The number of halogens is 1. The zero-order valence-electron chi connectivity index (χ0n) is 12.1. The Hall–Kier alpha value is -0.580. The minimum Gasteiger partial charge on any atom is -0.338 e. The van der Waals surface area contributed by atoms with Crippen LogP contribution in [0.1, 0.15) is 37.5 Å². The van der Waals surface area contributed by atoms with Crippen LogP contribution in [0, 0.1) is 5.92 Å². The van der Waals surface area contributed by atoms with Crippen LogP contribution in [0.3, 0.4) is 0 Å². The first-order valence-electron chi connectivity index (χ1n) is 7.22. The molecule has 2 N–H and O–H groups in total. The predicted octanol–water partition coefficient (Wildman–Crippen LogP) is 3.08. The molecule has 1 aliphatic heterocycles. The number of nitrogens with two attached hydrogens (primary N) is 1. The van der Waals surface area contributed by atoms with Crippen molar-refractivity contribution in [2.24, 2.45) is 11.7 Å². The molecule has 0 aliphatic carbocycles. The second kappa shape index (κ2) is 8.65. The molecular weight excluding hydrogens is 292 g/mol. The molecule has 1 saturated heterocycles. The van der Waals surface area contributed by atoms with Crippen LogP contribution >= 0.6 is 23.7 Å². The Labute approximate surface area is 131 Å². The molecule has 0 aromatic carbocycles. The fourth-order valence-electron chi connectivity index (χ4n) is 2.82. The number of piperidine rings is 1. The summed E-state index contributed by atoms with van der Waals surface area (Å²) in [6.45, 7) is 3.74. The SMILES string of the molecule is CC1CCN(C(=O)CCCc2cccs2)C(CN)C1.Cl. The molecule has 1 aromatic rings. The first-order valence-corrected chi connectivity index (χ1v) is 8.10. The molecule has 1 fully saturated rings. The van der Waals surface area contributed by atoms with Crippen molar-refractivity contribution in [3.8, 4) is 0 Å². The molecule has 2 heterocycles. The van der Waals surface area contributed by atoms with Gasteiger partial charge in [0.15, 0.2) is 0 Å². The van der Waals surface area contributed by atoms with Crippen molar-refractivity contribution in [2.45, 2.75) is 45.1 Å². The summed E-state index contributed by atoms with van der Waals surface area (Å²) in [7, 11) is 0. The highest BCUT2D eigenvalue weighted by Gasteiger charge is 2.28. The van der Waals surface area contributed by atoms with Gasteiger partial charge in [-0.1, -0.05) is 13.0 Å². The molecule has 114 valence electrons. The third-order valence-electron chi connectivity index (χ3n) is 3.96. The normalized spacial score (nSPS) is 22.4. The maximum atomic E-state index is 12.3. The van der Waals surface area contributed by atoms with Crippen molar-refractivity contribution >= 4 is 29.7 Å². The molecule has 0 radical (unpaired) electrons. The van der Waals surface area contributed by atoms with E-state index in [1.807, 2.05) is 4.90 Å². The summed E-state index contributed by atoms with van der Waals surface area (Å²) in [6.07, 6.45) is 4.80. The van der Waals surface area contributed by atoms with Crippen molar-refractivity contribution in [1.29, 1.82) is 0 Å². The summed E-state index contributed by atoms with van der Waals surface area (Å²) >= 11 is 1.77. The molecule has 0 bridgehead atoms. The lowest BCUT2D eigenvalue weighted by Crippen LogP contribution is -2.49. The Kier molecular flexibility index (Phi) is 7.56. The van der Waals surface area contributed by atoms with Gasteiger partial charge in [-0.15, -0.1) is 23.7 Å². The van der Waals surface area contributed by atoms with E-state index in [9.17, 15) is 4.79 Å². The van der Waals surface area contributed by atoms with Crippen LogP contribution in [0.4, 0.5) is 0 Å². The molecule has 1 amide bonds. The van der Waals surface area contributed by atoms with Crippen LogP contribution < -0.4 is 5.73 Å². The van der Waals surface area contributed by atoms with E-state index in [1.54, 1.807) is 11.3 Å². The Balaban J connectivity index is 0.00000200. The number of carbonyl (C=O) groups excluding carboxylic acids is 1. The highest BCUT2D eigenvalue weighted by molar-refractivity contribution is 7.09. The van der Waals surface area contributed by atoms with Crippen molar-refractivity contribution < 1.29 is 4.79 Å². The van der Waals surface area contributed by atoms with E-state index in [2.05, 4.69) is 24.4 Å². The van der Waals surface area contributed by atoms with E-state index >= 15 is 0 Å². The lowest BCUT2D eigenvalue weighted by Gasteiger charge is -2.38. The third-order valence-corrected chi connectivity index (χ3v) is 4.90. The Morgan fingerprint density at radius 1 is 1.55 bits per heavy atom. The van der Waals surface area contributed by atoms with Crippen LogP contribution in [0.2, 0.25) is 0 Å². The average molecular weight is 317 g/mol. The number of hydrogen-bond donors (Lipinski definition) is 1. The largest absolute Gasteiger partial charge is 0.338 e. The van der Waals surface area contributed by atoms with Crippen LogP contribution in [-0.4, -0.2) is 29.9 Å². The lowest BCUT2D eigenvalue weighted by atomic mass is 9.92. The first-order chi connectivity index (χ1) is 9.20. The number of hydrogen-bond acceptors (Lipinski definition) is 3. The van der Waals surface area contributed by atoms with Crippen LogP contribution in [0.25, 0.3) is 0 Å². The summed E-state index contributed by atoms with van der Waals surface area (Å²) in [5.74, 6) is 0.989. The van der Waals surface area contributed by atoms with E-state index in [0.717, 1.165) is 32.2 Å².